The first kappa shape index (κ1) is 31.8. The molecule has 0 saturated heterocycles. The highest BCUT2D eigenvalue weighted by atomic mass is 15.1. The molecule has 51 heavy (non-hydrogen) atoms. The molecular weight excluding hydrogens is 615 g/mol. The van der Waals surface area contributed by atoms with Gasteiger partial charge < -0.3 is 4.90 Å². The third-order valence-electron chi connectivity index (χ3n) is 10.0. The van der Waals surface area contributed by atoms with Gasteiger partial charge in [-0.05, 0) is 87.3 Å². The summed E-state index contributed by atoms with van der Waals surface area (Å²) in [6.45, 7) is 6.25. The number of anilines is 3. The van der Waals surface area contributed by atoms with E-state index in [2.05, 4.69) is 219 Å². The molecule has 0 aliphatic heterocycles. The maximum Gasteiger partial charge on any atom is 0.0714 e. The van der Waals surface area contributed by atoms with E-state index in [4.69, 9.17) is 0 Å². The lowest BCUT2D eigenvalue weighted by Crippen LogP contribution is -2.29. The van der Waals surface area contributed by atoms with Crippen LogP contribution < -0.4 is 4.90 Å². The first-order valence-electron chi connectivity index (χ1n) is 17.6. The fraction of sp³-hybridized carbons (Fsp3) is 0.0400. The van der Waals surface area contributed by atoms with E-state index in [0.717, 1.165) is 17.1 Å². The second-order valence-electron chi connectivity index (χ2n) is 12.9. The van der Waals surface area contributed by atoms with E-state index >= 15 is 0 Å². The number of hydrogen-bond donors (Lipinski definition) is 0. The van der Waals surface area contributed by atoms with E-state index in [-0.39, 0.29) is 0 Å². The molecule has 1 heteroatoms. The van der Waals surface area contributed by atoms with E-state index in [1.165, 1.54) is 55.6 Å². The monoisotopic (exact) mass is 653 g/mol. The van der Waals surface area contributed by atoms with Gasteiger partial charge in [0.1, 0.15) is 0 Å². The molecule has 8 rings (SSSR count). The van der Waals surface area contributed by atoms with E-state index in [1.54, 1.807) is 0 Å². The van der Waals surface area contributed by atoms with Gasteiger partial charge in [-0.1, -0.05) is 183 Å². The van der Waals surface area contributed by atoms with Gasteiger partial charge in [-0.2, -0.15) is 0 Å². The molecule has 1 unspecified atom stereocenters. The number of fused-ring (bicyclic) bond motifs is 3. The Bertz CT molecular complexity index is 2270. The van der Waals surface area contributed by atoms with Crippen LogP contribution >= 0.6 is 0 Å². The largest absolute Gasteiger partial charge is 0.310 e. The van der Waals surface area contributed by atoms with Gasteiger partial charge in [0.25, 0.3) is 0 Å². The van der Waals surface area contributed by atoms with Crippen molar-refractivity contribution in [2.24, 2.45) is 0 Å². The predicted octanol–water partition coefficient (Wildman–Crippen LogP) is 13.5. The molecular formula is C50H39N. The SMILES string of the molecule is C=C/C=C(\C=C/C)C1(c2ccccc2)c2ccccc2-c2c(N(c3ccc(-c4ccccc4)cc3)c3ccc(-c4ccccc4)cc3)cccc21. The van der Waals surface area contributed by atoms with Crippen LogP contribution in [0.4, 0.5) is 17.1 Å². The van der Waals surface area contributed by atoms with Gasteiger partial charge >= 0.3 is 0 Å². The summed E-state index contributed by atoms with van der Waals surface area (Å²) in [5, 5.41) is 0. The molecule has 1 nitrogen and oxygen atoms in total. The number of allylic oxidation sites excluding steroid dienone is 5. The Kier molecular flexibility index (Phi) is 8.62. The zero-order valence-corrected chi connectivity index (χ0v) is 28.8. The van der Waals surface area contributed by atoms with Crippen LogP contribution in [-0.2, 0) is 5.41 Å². The molecule has 0 N–H and O–H groups in total. The summed E-state index contributed by atoms with van der Waals surface area (Å²) in [5.74, 6) is 0. The van der Waals surface area contributed by atoms with Crippen molar-refractivity contribution in [1.29, 1.82) is 0 Å². The number of nitrogens with zero attached hydrogens (tertiary/aromatic N) is 1. The third kappa shape index (κ3) is 5.54. The summed E-state index contributed by atoms with van der Waals surface area (Å²) in [5.41, 5.74) is 15.0. The fourth-order valence-corrected chi connectivity index (χ4v) is 7.88. The molecule has 0 heterocycles. The first-order chi connectivity index (χ1) is 25.2. The van der Waals surface area contributed by atoms with Gasteiger partial charge in [-0.15, -0.1) is 0 Å². The van der Waals surface area contributed by atoms with Gasteiger partial charge in [-0.3, -0.25) is 0 Å². The standard InChI is InChI=1S/C50H39N/c1-3-17-41(18-4-2)50(42-23-12-7-13-24-42)46-26-15-14-25-45(46)49-47(50)27-16-28-48(49)51(43-33-29-39(30-34-43)37-19-8-5-9-20-37)44-35-31-40(32-36-44)38-21-10-6-11-22-38/h3-36H,1H2,2H3/b18-4-,41-17+. The maximum atomic E-state index is 4.16. The summed E-state index contributed by atoms with van der Waals surface area (Å²) in [7, 11) is 0. The minimum atomic E-state index is -0.538. The van der Waals surface area contributed by atoms with Crippen LogP contribution in [-0.4, -0.2) is 0 Å². The van der Waals surface area contributed by atoms with Crippen LogP contribution in [0.25, 0.3) is 33.4 Å². The lowest BCUT2D eigenvalue weighted by atomic mass is 9.67. The summed E-state index contributed by atoms with van der Waals surface area (Å²) in [6, 6.07) is 65.8. The van der Waals surface area contributed by atoms with Crippen molar-refractivity contribution in [2.45, 2.75) is 12.3 Å². The van der Waals surface area contributed by atoms with Crippen molar-refractivity contribution in [2.75, 3.05) is 4.90 Å². The number of hydrogen-bond acceptors (Lipinski definition) is 1. The van der Waals surface area contributed by atoms with Gasteiger partial charge in [0.15, 0.2) is 0 Å². The molecule has 0 saturated carbocycles. The van der Waals surface area contributed by atoms with Crippen LogP contribution in [0.1, 0.15) is 23.6 Å². The highest BCUT2D eigenvalue weighted by molar-refractivity contribution is 5.97. The fourth-order valence-electron chi connectivity index (χ4n) is 7.88. The molecule has 0 spiro atoms. The summed E-state index contributed by atoms with van der Waals surface area (Å²) in [4.78, 5) is 2.42. The minimum absolute atomic E-state index is 0.538. The van der Waals surface area contributed by atoms with Gasteiger partial charge in [0, 0.05) is 16.9 Å². The van der Waals surface area contributed by atoms with Crippen LogP contribution in [0.5, 0.6) is 0 Å². The van der Waals surface area contributed by atoms with E-state index in [9.17, 15) is 0 Å². The molecule has 1 aliphatic carbocycles. The van der Waals surface area contributed by atoms with Gasteiger partial charge in [0.05, 0.1) is 11.1 Å². The van der Waals surface area contributed by atoms with Crippen molar-refractivity contribution in [3.63, 3.8) is 0 Å². The highest BCUT2D eigenvalue weighted by Crippen LogP contribution is 2.60. The van der Waals surface area contributed by atoms with E-state index in [1.807, 2.05) is 6.08 Å². The lowest BCUT2D eigenvalue weighted by molar-refractivity contribution is 0.767. The molecule has 0 bridgehead atoms. The highest BCUT2D eigenvalue weighted by Gasteiger charge is 2.47. The topological polar surface area (TPSA) is 3.24 Å². The molecule has 1 aliphatic rings. The Morgan fingerprint density at radius 3 is 1.55 bits per heavy atom. The van der Waals surface area contributed by atoms with Crippen LogP contribution in [0.15, 0.2) is 218 Å². The molecule has 0 amide bonds. The Balaban J connectivity index is 1.39. The van der Waals surface area contributed by atoms with Crippen molar-refractivity contribution < 1.29 is 0 Å². The molecule has 244 valence electrons. The molecule has 0 radical (unpaired) electrons. The average molecular weight is 654 g/mol. The van der Waals surface area contributed by atoms with Crippen molar-refractivity contribution in [3.05, 3.63) is 235 Å². The smallest absolute Gasteiger partial charge is 0.0714 e. The molecule has 0 aromatic heterocycles. The Morgan fingerprint density at radius 2 is 1.00 bits per heavy atom. The van der Waals surface area contributed by atoms with Gasteiger partial charge in [-0.25, -0.2) is 0 Å². The molecule has 7 aromatic rings. The van der Waals surface area contributed by atoms with Crippen molar-refractivity contribution in [1.82, 2.24) is 0 Å². The minimum Gasteiger partial charge on any atom is -0.310 e. The van der Waals surface area contributed by atoms with Crippen molar-refractivity contribution >= 4 is 17.1 Å². The third-order valence-corrected chi connectivity index (χ3v) is 10.0. The Hall–Kier alpha value is -6.44. The number of rotatable bonds is 9. The summed E-state index contributed by atoms with van der Waals surface area (Å²) < 4.78 is 0. The van der Waals surface area contributed by atoms with Crippen molar-refractivity contribution in [3.8, 4) is 33.4 Å². The molecule has 1 atom stereocenters. The summed E-state index contributed by atoms with van der Waals surface area (Å²) >= 11 is 0. The maximum absolute atomic E-state index is 4.16. The molecule has 7 aromatic carbocycles. The molecule has 0 fully saturated rings. The van der Waals surface area contributed by atoms with Crippen LogP contribution in [0.2, 0.25) is 0 Å². The summed E-state index contributed by atoms with van der Waals surface area (Å²) in [6.07, 6.45) is 8.47. The predicted molar refractivity (Wildman–Crippen MR) is 217 cm³/mol. The second-order valence-corrected chi connectivity index (χ2v) is 12.9. The zero-order chi connectivity index (χ0) is 34.6. The Labute approximate surface area is 301 Å². The average Bonchev–Trinajstić information content (AvgIpc) is 3.51. The van der Waals surface area contributed by atoms with Crippen LogP contribution in [0.3, 0.4) is 0 Å². The van der Waals surface area contributed by atoms with Crippen LogP contribution in [0, 0.1) is 0 Å². The number of benzene rings is 7. The van der Waals surface area contributed by atoms with E-state index in [0.29, 0.717) is 0 Å². The van der Waals surface area contributed by atoms with E-state index < -0.39 is 5.41 Å². The lowest BCUT2D eigenvalue weighted by Gasteiger charge is -2.35. The normalized spacial score (nSPS) is 15.0. The second kappa shape index (κ2) is 13.8. The van der Waals surface area contributed by atoms with Gasteiger partial charge in [0.2, 0.25) is 0 Å². The zero-order valence-electron chi connectivity index (χ0n) is 28.8. The first-order valence-corrected chi connectivity index (χ1v) is 17.6. The Morgan fingerprint density at radius 1 is 0.510 bits per heavy atom. The quantitative estimate of drug-likeness (QED) is 0.140.